The number of carbonyl (C=O) groups excluding carboxylic acids is 1. The van der Waals surface area contributed by atoms with Gasteiger partial charge in [0.2, 0.25) is 0 Å². The molecule has 1 aromatic heterocycles. The van der Waals surface area contributed by atoms with Gasteiger partial charge in [-0.1, -0.05) is 19.8 Å². The summed E-state index contributed by atoms with van der Waals surface area (Å²) in [6.07, 6.45) is 8.22. The largest absolute Gasteiger partial charge is 0.352 e. The molecule has 2 fully saturated rings. The van der Waals surface area contributed by atoms with Crippen molar-refractivity contribution < 1.29 is 14.3 Å². The van der Waals surface area contributed by atoms with Gasteiger partial charge in [-0.25, -0.2) is 9.97 Å². The first-order chi connectivity index (χ1) is 12.0. The van der Waals surface area contributed by atoms with Gasteiger partial charge in [-0.15, -0.1) is 0 Å². The van der Waals surface area contributed by atoms with Gasteiger partial charge in [0.05, 0.1) is 13.2 Å². The highest BCUT2D eigenvalue weighted by Gasteiger charge is 2.62. The van der Waals surface area contributed by atoms with Gasteiger partial charge in [-0.3, -0.25) is 4.79 Å². The van der Waals surface area contributed by atoms with Crippen LogP contribution in [0.15, 0.2) is 12.5 Å². The maximum absolute atomic E-state index is 13.1. The summed E-state index contributed by atoms with van der Waals surface area (Å²) in [6, 6.07) is 0.421. The molecular formula is C19H27N3O3. The standard InChI is InChI=1S/C19H27N3O3/c1-13-16-10-20-12-21-17(16)22(15-6-4-5-7-15)11-19(13,14(2)23)18(3)24-8-9-25-18/h10,12-13,15H,4-9,11H2,1-3H3. The number of hydrogen-bond donors (Lipinski definition) is 0. The van der Waals surface area contributed by atoms with Crippen molar-refractivity contribution in [3.63, 3.8) is 0 Å². The Kier molecular flexibility index (Phi) is 4.07. The smallest absolute Gasteiger partial charge is 0.180 e. The van der Waals surface area contributed by atoms with Gasteiger partial charge in [-0.2, -0.15) is 0 Å². The molecule has 4 rings (SSSR count). The number of carbonyl (C=O) groups is 1. The predicted molar refractivity (Wildman–Crippen MR) is 93.5 cm³/mol. The van der Waals surface area contributed by atoms with Crippen LogP contribution in [0.25, 0.3) is 0 Å². The van der Waals surface area contributed by atoms with E-state index in [1.54, 1.807) is 13.3 Å². The molecule has 3 aliphatic rings. The molecule has 1 aliphatic carbocycles. The maximum Gasteiger partial charge on any atom is 0.180 e. The Bertz CT molecular complexity index is 668. The molecule has 25 heavy (non-hydrogen) atoms. The summed E-state index contributed by atoms with van der Waals surface area (Å²) >= 11 is 0. The molecule has 0 radical (unpaired) electrons. The van der Waals surface area contributed by atoms with Crippen molar-refractivity contribution in [2.75, 3.05) is 24.7 Å². The van der Waals surface area contributed by atoms with Crippen LogP contribution in [0.1, 0.15) is 57.9 Å². The molecule has 2 atom stereocenters. The van der Waals surface area contributed by atoms with Gasteiger partial charge in [0.25, 0.3) is 0 Å². The van der Waals surface area contributed by atoms with Crippen LogP contribution in [-0.4, -0.2) is 47.3 Å². The fourth-order valence-electron chi connectivity index (χ4n) is 5.19. The van der Waals surface area contributed by atoms with Crippen LogP contribution in [0.2, 0.25) is 0 Å². The topological polar surface area (TPSA) is 64.6 Å². The van der Waals surface area contributed by atoms with Crippen LogP contribution < -0.4 is 4.90 Å². The highest BCUT2D eigenvalue weighted by molar-refractivity contribution is 5.87. The lowest BCUT2D eigenvalue weighted by Crippen LogP contribution is -2.63. The Morgan fingerprint density at radius 1 is 1.28 bits per heavy atom. The first kappa shape index (κ1) is 16.9. The fraction of sp³-hybridized carbons (Fsp3) is 0.737. The summed E-state index contributed by atoms with van der Waals surface area (Å²) in [5, 5.41) is 0. The van der Waals surface area contributed by atoms with Gasteiger partial charge in [0.1, 0.15) is 23.3 Å². The molecule has 0 aromatic carbocycles. The van der Waals surface area contributed by atoms with Crippen molar-refractivity contribution in [3.05, 3.63) is 18.1 Å². The number of rotatable bonds is 3. The average molecular weight is 345 g/mol. The number of ether oxygens (including phenoxy) is 2. The Hall–Kier alpha value is -1.53. The molecule has 6 heteroatoms. The second-order valence-corrected chi connectivity index (χ2v) is 7.76. The van der Waals surface area contributed by atoms with E-state index in [2.05, 4.69) is 21.8 Å². The lowest BCUT2D eigenvalue weighted by atomic mass is 9.63. The van der Waals surface area contributed by atoms with Crippen molar-refractivity contribution in [2.24, 2.45) is 5.41 Å². The third kappa shape index (κ3) is 2.34. The van der Waals surface area contributed by atoms with Crippen molar-refractivity contribution in [1.29, 1.82) is 0 Å². The summed E-state index contributed by atoms with van der Waals surface area (Å²) < 4.78 is 12.1. The van der Waals surface area contributed by atoms with E-state index >= 15 is 0 Å². The van der Waals surface area contributed by atoms with Crippen molar-refractivity contribution in [2.45, 2.75) is 64.2 Å². The lowest BCUT2D eigenvalue weighted by molar-refractivity contribution is -0.225. The molecule has 2 aliphatic heterocycles. The predicted octanol–water partition coefficient (Wildman–Crippen LogP) is 2.68. The molecule has 6 nitrogen and oxygen atoms in total. The van der Waals surface area contributed by atoms with Crippen LogP contribution in [-0.2, 0) is 14.3 Å². The highest BCUT2D eigenvalue weighted by atomic mass is 16.7. The highest BCUT2D eigenvalue weighted by Crippen LogP contribution is 2.55. The van der Waals surface area contributed by atoms with Crippen molar-refractivity contribution in [1.82, 2.24) is 9.97 Å². The molecular weight excluding hydrogens is 318 g/mol. The Balaban J connectivity index is 1.86. The van der Waals surface area contributed by atoms with Crippen LogP contribution in [0.5, 0.6) is 0 Å². The third-order valence-electron chi connectivity index (χ3n) is 6.66. The number of nitrogens with zero attached hydrogens (tertiary/aromatic N) is 3. The van der Waals surface area contributed by atoms with E-state index < -0.39 is 11.2 Å². The molecule has 1 aromatic rings. The maximum atomic E-state index is 13.1. The number of anilines is 1. The first-order valence-electron chi connectivity index (χ1n) is 9.35. The molecule has 0 N–H and O–H groups in total. The summed E-state index contributed by atoms with van der Waals surface area (Å²) in [6.45, 7) is 7.34. The van der Waals surface area contributed by atoms with E-state index in [-0.39, 0.29) is 11.7 Å². The van der Waals surface area contributed by atoms with E-state index in [9.17, 15) is 4.79 Å². The van der Waals surface area contributed by atoms with E-state index in [0.29, 0.717) is 25.8 Å². The normalized spacial score (nSPS) is 32.0. The van der Waals surface area contributed by atoms with Gasteiger partial charge >= 0.3 is 0 Å². The van der Waals surface area contributed by atoms with Crippen molar-refractivity contribution >= 4 is 11.6 Å². The molecule has 3 heterocycles. The SMILES string of the molecule is CC(=O)C1(C2(C)OCCO2)CN(C2CCCC2)c2ncncc2C1C. The quantitative estimate of drug-likeness (QED) is 0.839. The lowest BCUT2D eigenvalue weighted by Gasteiger charge is -2.53. The third-order valence-corrected chi connectivity index (χ3v) is 6.66. The van der Waals surface area contributed by atoms with E-state index in [0.717, 1.165) is 24.2 Å². The van der Waals surface area contributed by atoms with Crippen molar-refractivity contribution in [3.8, 4) is 0 Å². The summed E-state index contributed by atoms with van der Waals surface area (Å²) in [5.41, 5.74) is 0.264. The molecule has 2 unspecified atom stereocenters. The molecule has 0 spiro atoms. The van der Waals surface area contributed by atoms with E-state index in [1.165, 1.54) is 12.8 Å². The number of aromatic nitrogens is 2. The van der Waals surface area contributed by atoms with E-state index in [4.69, 9.17) is 9.47 Å². The Morgan fingerprint density at radius 2 is 1.96 bits per heavy atom. The van der Waals surface area contributed by atoms with Crippen LogP contribution in [0.3, 0.4) is 0 Å². The number of fused-ring (bicyclic) bond motifs is 1. The minimum Gasteiger partial charge on any atom is -0.352 e. The fourth-order valence-corrected chi connectivity index (χ4v) is 5.19. The number of Topliss-reactive ketones (excluding diaryl/α,β-unsaturated/α-hetero) is 1. The zero-order valence-electron chi connectivity index (χ0n) is 15.3. The zero-order chi connectivity index (χ0) is 17.7. The Labute approximate surface area is 148 Å². The molecule has 1 saturated heterocycles. The van der Waals surface area contributed by atoms with Gasteiger partial charge in [0.15, 0.2) is 5.79 Å². The number of ketones is 1. The monoisotopic (exact) mass is 345 g/mol. The zero-order valence-corrected chi connectivity index (χ0v) is 15.3. The van der Waals surface area contributed by atoms with Gasteiger partial charge < -0.3 is 14.4 Å². The Morgan fingerprint density at radius 3 is 2.60 bits per heavy atom. The summed E-state index contributed by atoms with van der Waals surface area (Å²) in [4.78, 5) is 24.2. The van der Waals surface area contributed by atoms with Crippen LogP contribution >= 0.6 is 0 Å². The van der Waals surface area contributed by atoms with Gasteiger partial charge in [-0.05, 0) is 26.7 Å². The molecule has 0 amide bonds. The van der Waals surface area contributed by atoms with E-state index in [1.807, 2.05) is 13.1 Å². The summed E-state index contributed by atoms with van der Waals surface area (Å²) in [5.74, 6) is 0.111. The molecule has 136 valence electrons. The van der Waals surface area contributed by atoms with Gasteiger partial charge in [0, 0.05) is 30.3 Å². The minimum atomic E-state index is -0.914. The number of hydrogen-bond acceptors (Lipinski definition) is 6. The second-order valence-electron chi connectivity index (χ2n) is 7.76. The second kappa shape index (κ2) is 6.02. The molecule has 0 bridgehead atoms. The summed E-state index contributed by atoms with van der Waals surface area (Å²) in [7, 11) is 0. The minimum absolute atomic E-state index is 0.0676. The van der Waals surface area contributed by atoms with Crippen LogP contribution in [0, 0.1) is 5.41 Å². The van der Waals surface area contributed by atoms with Crippen LogP contribution in [0.4, 0.5) is 5.82 Å². The average Bonchev–Trinajstić information content (AvgIpc) is 3.28. The first-order valence-corrected chi connectivity index (χ1v) is 9.35. The molecule has 1 saturated carbocycles.